The lowest BCUT2D eigenvalue weighted by atomic mass is 9.52. The third kappa shape index (κ3) is 7.11. The number of rotatable bonds is 9. The van der Waals surface area contributed by atoms with Crippen LogP contribution in [0.1, 0.15) is 91.4 Å². The molecule has 1 amide bonds. The highest BCUT2D eigenvalue weighted by Crippen LogP contribution is 2.59. The van der Waals surface area contributed by atoms with Crippen molar-refractivity contribution in [2.45, 2.75) is 97.5 Å². The number of carbonyl (C=O) groups excluding carboxylic acids is 1. The number of ether oxygens (including phenoxy) is 1. The first-order valence-electron chi connectivity index (χ1n) is 14.5. The number of hydrogen-bond acceptors (Lipinski definition) is 3. The summed E-state index contributed by atoms with van der Waals surface area (Å²) in [7, 11) is 0. The molecule has 0 aliphatic heterocycles. The van der Waals surface area contributed by atoms with Crippen LogP contribution in [0.4, 0.5) is 4.79 Å². The van der Waals surface area contributed by atoms with E-state index in [2.05, 4.69) is 37.2 Å². The molecular formula is C29H51ClN4O2. The number of aliphatic imine (C=N–C) groups is 1. The van der Waals surface area contributed by atoms with E-state index in [1.54, 1.807) is 5.57 Å². The second kappa shape index (κ2) is 13.4. The summed E-state index contributed by atoms with van der Waals surface area (Å²) < 4.78 is 5.84. The van der Waals surface area contributed by atoms with Crippen LogP contribution in [0.15, 0.2) is 16.6 Å². The van der Waals surface area contributed by atoms with Gasteiger partial charge in [0.2, 0.25) is 0 Å². The van der Waals surface area contributed by atoms with Crippen LogP contribution in [0.3, 0.4) is 0 Å². The number of halogens is 1. The number of nitrogens with two attached hydrogens (primary N) is 2. The van der Waals surface area contributed by atoms with Gasteiger partial charge in [0.15, 0.2) is 5.96 Å². The maximum absolute atomic E-state index is 12.4. The van der Waals surface area contributed by atoms with Gasteiger partial charge in [-0.1, -0.05) is 64.5 Å². The van der Waals surface area contributed by atoms with E-state index in [0.29, 0.717) is 24.9 Å². The highest BCUT2D eigenvalue weighted by atomic mass is 35.5. The molecule has 0 spiro atoms. The van der Waals surface area contributed by atoms with Crippen LogP contribution in [0.5, 0.6) is 0 Å². The van der Waals surface area contributed by atoms with Gasteiger partial charge in [-0.05, 0) is 79.4 Å². The Balaban J connectivity index is 0.00000361. The quantitative estimate of drug-likeness (QED) is 0.149. The van der Waals surface area contributed by atoms with Crippen molar-refractivity contribution in [3.63, 3.8) is 0 Å². The van der Waals surface area contributed by atoms with Gasteiger partial charge in [-0.15, -0.1) is 12.4 Å². The minimum Gasteiger partial charge on any atom is -0.446 e. The third-order valence-electron chi connectivity index (χ3n) is 9.73. The van der Waals surface area contributed by atoms with E-state index in [4.69, 9.17) is 16.2 Å². The van der Waals surface area contributed by atoms with E-state index in [-0.39, 0.29) is 30.6 Å². The number of alkyl carbamates (subject to hydrolysis) is 1. The van der Waals surface area contributed by atoms with Gasteiger partial charge >= 0.3 is 6.09 Å². The van der Waals surface area contributed by atoms with Crippen molar-refractivity contribution in [3.05, 3.63) is 11.6 Å². The van der Waals surface area contributed by atoms with Gasteiger partial charge in [0.05, 0.1) is 6.54 Å². The number of guanidine groups is 1. The molecule has 206 valence electrons. The second-order valence-electron chi connectivity index (χ2n) is 12.4. The minimum atomic E-state index is -0.349. The molecule has 3 saturated carbocycles. The smallest absolute Gasteiger partial charge is 0.407 e. The van der Waals surface area contributed by atoms with E-state index in [9.17, 15) is 4.79 Å². The fraction of sp³-hybridized carbons (Fsp3) is 0.862. The van der Waals surface area contributed by atoms with Gasteiger partial charge in [-0.25, -0.2) is 4.79 Å². The monoisotopic (exact) mass is 522 g/mol. The lowest BCUT2D eigenvalue weighted by molar-refractivity contribution is -0.00122. The molecular weight excluding hydrogens is 472 g/mol. The molecule has 7 unspecified atom stereocenters. The molecule has 0 saturated heterocycles. The Morgan fingerprint density at radius 3 is 2.64 bits per heavy atom. The zero-order valence-corrected chi connectivity index (χ0v) is 23.6. The van der Waals surface area contributed by atoms with E-state index >= 15 is 0 Å². The topological polar surface area (TPSA) is 103 Å². The number of hydrogen-bond donors (Lipinski definition) is 3. The van der Waals surface area contributed by atoms with Gasteiger partial charge in [-0.3, -0.25) is 4.99 Å². The summed E-state index contributed by atoms with van der Waals surface area (Å²) in [4.78, 5) is 16.3. The predicted octanol–water partition coefficient (Wildman–Crippen LogP) is 6.04. The lowest BCUT2D eigenvalue weighted by Crippen LogP contribution is -2.47. The Morgan fingerprint density at radius 2 is 1.89 bits per heavy atom. The van der Waals surface area contributed by atoms with E-state index in [0.717, 1.165) is 48.3 Å². The highest BCUT2D eigenvalue weighted by molar-refractivity contribution is 5.85. The fourth-order valence-electron chi connectivity index (χ4n) is 8.21. The van der Waals surface area contributed by atoms with Gasteiger partial charge in [-0.2, -0.15) is 0 Å². The third-order valence-corrected chi connectivity index (χ3v) is 9.73. The molecule has 0 bridgehead atoms. The summed E-state index contributed by atoms with van der Waals surface area (Å²) >= 11 is 0. The number of amides is 1. The molecule has 4 aliphatic carbocycles. The summed E-state index contributed by atoms with van der Waals surface area (Å²) in [5.41, 5.74) is 12.3. The molecule has 0 heterocycles. The predicted molar refractivity (Wildman–Crippen MR) is 150 cm³/mol. The van der Waals surface area contributed by atoms with E-state index < -0.39 is 0 Å². The summed E-state index contributed by atoms with van der Waals surface area (Å²) in [6, 6.07) is 0. The number of fused-ring (bicyclic) bond motifs is 5. The average Bonchev–Trinajstić information content (AvgIpc) is 3.29. The normalized spacial score (nSPS) is 33.8. The zero-order chi connectivity index (χ0) is 24.9. The molecule has 6 nitrogen and oxygen atoms in total. The Kier molecular flexibility index (Phi) is 10.8. The largest absolute Gasteiger partial charge is 0.446 e. The molecule has 0 aromatic rings. The average molecular weight is 523 g/mol. The van der Waals surface area contributed by atoms with Crippen molar-refractivity contribution in [3.8, 4) is 0 Å². The van der Waals surface area contributed by atoms with Crippen LogP contribution in [-0.4, -0.2) is 31.2 Å². The van der Waals surface area contributed by atoms with Crippen molar-refractivity contribution < 1.29 is 9.53 Å². The zero-order valence-electron chi connectivity index (χ0n) is 22.8. The molecule has 0 aromatic heterocycles. The van der Waals surface area contributed by atoms with Crippen molar-refractivity contribution in [1.29, 1.82) is 0 Å². The molecule has 7 heteroatoms. The molecule has 0 aromatic carbocycles. The summed E-state index contributed by atoms with van der Waals surface area (Å²) in [6.07, 6.45) is 16.7. The second-order valence-corrected chi connectivity index (χ2v) is 12.4. The lowest BCUT2D eigenvalue weighted by Gasteiger charge is -2.53. The first-order chi connectivity index (χ1) is 16.8. The van der Waals surface area contributed by atoms with Gasteiger partial charge in [0.1, 0.15) is 6.10 Å². The number of allylic oxidation sites excluding steroid dienone is 1. The summed E-state index contributed by atoms with van der Waals surface area (Å²) in [5.74, 6) is 6.67. The van der Waals surface area contributed by atoms with Crippen molar-refractivity contribution in [2.24, 2.45) is 63.8 Å². The van der Waals surface area contributed by atoms with Crippen LogP contribution in [-0.2, 0) is 4.74 Å². The van der Waals surface area contributed by atoms with Crippen LogP contribution >= 0.6 is 12.4 Å². The van der Waals surface area contributed by atoms with E-state index in [1.807, 2.05) is 0 Å². The first-order valence-corrected chi connectivity index (χ1v) is 14.5. The Labute approximate surface area is 225 Å². The first kappa shape index (κ1) is 29.1. The molecule has 4 rings (SSSR count). The van der Waals surface area contributed by atoms with Crippen molar-refractivity contribution >= 4 is 24.5 Å². The highest BCUT2D eigenvalue weighted by Gasteiger charge is 2.51. The summed E-state index contributed by atoms with van der Waals surface area (Å²) in [6.45, 7) is 7.97. The standard InChI is InChI=1S/C29H50N4O2.ClH/c1-18(2)6-4-7-19(3)26-17-21-16-22(35-29(34)33-15-14-32-28(30)31)11-13-23(21)25-12-10-20-8-5-9-24(20)27(25)26;/h17-20,22-27H,4-16H2,1-3H3,(H,33,34)(H4,30,31,32);1H/t19-,20?,22?,23?,24?,25?,26?,27?;/m1./s1. The van der Waals surface area contributed by atoms with Crippen LogP contribution in [0, 0.1) is 47.3 Å². The van der Waals surface area contributed by atoms with Crippen LogP contribution in [0.2, 0.25) is 0 Å². The molecule has 8 atom stereocenters. The molecule has 5 N–H and O–H groups in total. The van der Waals surface area contributed by atoms with Gasteiger partial charge < -0.3 is 21.5 Å². The maximum Gasteiger partial charge on any atom is 0.407 e. The minimum absolute atomic E-state index is 0. The number of nitrogens with zero attached hydrogens (tertiary/aromatic N) is 1. The summed E-state index contributed by atoms with van der Waals surface area (Å²) in [5, 5.41) is 2.79. The molecule has 4 aliphatic rings. The van der Waals surface area contributed by atoms with E-state index in [1.165, 1.54) is 57.8 Å². The van der Waals surface area contributed by atoms with Gasteiger partial charge in [0, 0.05) is 13.0 Å². The van der Waals surface area contributed by atoms with Crippen LogP contribution in [0.25, 0.3) is 0 Å². The SMILES string of the molecule is CC(C)CCC[C@@H](C)C1C=C2CC(OC(=O)NCCN=C(N)N)CCC2C2CCC3CCCC3C21.Cl. The fourth-order valence-corrected chi connectivity index (χ4v) is 8.21. The molecule has 3 fully saturated rings. The Hall–Kier alpha value is -1.43. The maximum atomic E-state index is 12.4. The Bertz CT molecular complexity index is 781. The Morgan fingerprint density at radius 1 is 1.08 bits per heavy atom. The van der Waals surface area contributed by atoms with Crippen LogP contribution < -0.4 is 16.8 Å². The number of nitrogens with one attached hydrogen (secondary N) is 1. The molecule has 0 radical (unpaired) electrons. The van der Waals surface area contributed by atoms with Crippen molar-refractivity contribution in [2.75, 3.05) is 13.1 Å². The van der Waals surface area contributed by atoms with Crippen molar-refractivity contribution in [1.82, 2.24) is 5.32 Å². The van der Waals surface area contributed by atoms with Gasteiger partial charge in [0.25, 0.3) is 0 Å². The molecule has 36 heavy (non-hydrogen) atoms. The number of carbonyl (C=O) groups is 1.